The monoisotopic (exact) mass is 256 g/mol. The van der Waals surface area contributed by atoms with Crippen LogP contribution in [0.3, 0.4) is 0 Å². The molecule has 0 unspecified atom stereocenters. The molecular formula is C14H16N4O. The summed E-state index contributed by atoms with van der Waals surface area (Å²) in [6.07, 6.45) is 3.74. The molecule has 0 bridgehead atoms. The van der Waals surface area contributed by atoms with Crippen LogP contribution in [0.25, 0.3) is 0 Å². The van der Waals surface area contributed by atoms with Crippen molar-refractivity contribution in [2.45, 2.75) is 13.1 Å². The Hall–Kier alpha value is -2.14. The lowest BCUT2D eigenvalue weighted by Crippen LogP contribution is -2.34. The third-order valence-electron chi connectivity index (χ3n) is 3.27. The van der Waals surface area contributed by atoms with Gasteiger partial charge in [-0.05, 0) is 11.6 Å². The fourth-order valence-electron chi connectivity index (χ4n) is 2.37. The number of rotatable bonds is 2. The lowest BCUT2D eigenvalue weighted by atomic mass is 10.1. The lowest BCUT2D eigenvalue weighted by Gasteiger charge is -2.21. The van der Waals surface area contributed by atoms with E-state index in [1.54, 1.807) is 10.9 Å². The van der Waals surface area contributed by atoms with Gasteiger partial charge in [0.15, 0.2) is 0 Å². The largest absolute Gasteiger partial charge is 0.306 e. The summed E-state index contributed by atoms with van der Waals surface area (Å²) in [5.74, 6) is 0.0915. The van der Waals surface area contributed by atoms with E-state index in [0.717, 1.165) is 23.4 Å². The summed E-state index contributed by atoms with van der Waals surface area (Å²) in [6.45, 7) is 1.66. The molecule has 0 fully saturated rings. The average molecular weight is 256 g/mol. The highest BCUT2D eigenvalue weighted by molar-refractivity contribution is 5.96. The number of amides is 1. The van der Waals surface area contributed by atoms with Crippen molar-refractivity contribution in [3.05, 3.63) is 47.8 Å². The van der Waals surface area contributed by atoms with Crippen LogP contribution in [0.4, 0.5) is 5.69 Å². The number of para-hydroxylation sites is 1. The van der Waals surface area contributed by atoms with Crippen LogP contribution in [0.15, 0.2) is 36.7 Å². The van der Waals surface area contributed by atoms with E-state index < -0.39 is 0 Å². The maximum atomic E-state index is 12.2. The van der Waals surface area contributed by atoms with Crippen molar-refractivity contribution in [3.8, 4) is 0 Å². The van der Waals surface area contributed by atoms with E-state index in [1.807, 2.05) is 36.3 Å². The second-order valence-electron chi connectivity index (χ2n) is 4.73. The first kappa shape index (κ1) is 11.9. The predicted molar refractivity (Wildman–Crippen MR) is 72.5 cm³/mol. The number of nitrogens with zero attached hydrogens (tertiary/aromatic N) is 3. The van der Waals surface area contributed by atoms with Gasteiger partial charge in [-0.1, -0.05) is 18.2 Å². The van der Waals surface area contributed by atoms with E-state index in [0.29, 0.717) is 13.1 Å². The van der Waals surface area contributed by atoms with E-state index >= 15 is 0 Å². The lowest BCUT2D eigenvalue weighted by molar-refractivity contribution is -0.117. The molecule has 1 N–H and O–H groups in total. The van der Waals surface area contributed by atoms with Crippen LogP contribution >= 0.6 is 0 Å². The summed E-state index contributed by atoms with van der Waals surface area (Å²) in [5.41, 5.74) is 3.17. The quantitative estimate of drug-likeness (QED) is 0.874. The molecule has 1 aliphatic heterocycles. The smallest absolute Gasteiger partial charge is 0.241 e. The highest BCUT2D eigenvalue weighted by Gasteiger charge is 2.21. The second kappa shape index (κ2) is 4.85. The molecule has 1 aromatic heterocycles. The molecule has 5 nitrogen and oxygen atoms in total. The molecule has 19 heavy (non-hydrogen) atoms. The van der Waals surface area contributed by atoms with E-state index in [2.05, 4.69) is 16.5 Å². The Bertz CT molecular complexity index is 605. The SMILES string of the molecule is Cn1cc(CN2C(=O)CNCc3ccccc32)cn1. The zero-order valence-electron chi connectivity index (χ0n) is 10.8. The van der Waals surface area contributed by atoms with Crippen LogP contribution in [0.5, 0.6) is 0 Å². The van der Waals surface area contributed by atoms with Crippen molar-refractivity contribution in [1.82, 2.24) is 15.1 Å². The van der Waals surface area contributed by atoms with Gasteiger partial charge >= 0.3 is 0 Å². The fourth-order valence-corrected chi connectivity index (χ4v) is 2.37. The number of anilines is 1. The molecule has 3 rings (SSSR count). The number of aromatic nitrogens is 2. The van der Waals surface area contributed by atoms with Crippen LogP contribution < -0.4 is 10.2 Å². The number of aryl methyl sites for hydroxylation is 1. The molecule has 98 valence electrons. The molecule has 1 aromatic carbocycles. The normalized spacial score (nSPS) is 15.2. The number of hydrogen-bond donors (Lipinski definition) is 1. The minimum Gasteiger partial charge on any atom is -0.306 e. The van der Waals surface area contributed by atoms with Gasteiger partial charge < -0.3 is 10.2 Å². The number of fused-ring (bicyclic) bond motifs is 1. The van der Waals surface area contributed by atoms with Gasteiger partial charge in [0.05, 0.1) is 19.3 Å². The fraction of sp³-hybridized carbons (Fsp3) is 0.286. The molecule has 0 spiro atoms. The van der Waals surface area contributed by atoms with Gasteiger partial charge in [-0.15, -0.1) is 0 Å². The van der Waals surface area contributed by atoms with Gasteiger partial charge in [0.25, 0.3) is 0 Å². The van der Waals surface area contributed by atoms with Gasteiger partial charge in [0, 0.05) is 31.0 Å². The average Bonchev–Trinajstić information content (AvgIpc) is 2.75. The summed E-state index contributed by atoms with van der Waals surface area (Å²) < 4.78 is 1.75. The zero-order valence-corrected chi connectivity index (χ0v) is 10.8. The van der Waals surface area contributed by atoms with Crippen LogP contribution in [0.1, 0.15) is 11.1 Å². The van der Waals surface area contributed by atoms with Gasteiger partial charge in [0.1, 0.15) is 0 Å². The van der Waals surface area contributed by atoms with Crippen molar-refractivity contribution >= 4 is 11.6 Å². The van der Waals surface area contributed by atoms with E-state index in [9.17, 15) is 4.79 Å². The Morgan fingerprint density at radius 3 is 2.95 bits per heavy atom. The number of benzene rings is 1. The molecule has 0 aliphatic carbocycles. The minimum absolute atomic E-state index is 0.0915. The van der Waals surface area contributed by atoms with Crippen molar-refractivity contribution in [2.75, 3.05) is 11.4 Å². The molecule has 0 saturated carbocycles. The van der Waals surface area contributed by atoms with E-state index in [-0.39, 0.29) is 5.91 Å². The molecular weight excluding hydrogens is 240 g/mol. The molecule has 1 amide bonds. The molecule has 2 heterocycles. The highest BCUT2D eigenvalue weighted by Crippen LogP contribution is 2.24. The van der Waals surface area contributed by atoms with Gasteiger partial charge in [-0.25, -0.2) is 0 Å². The summed E-state index contributed by atoms with van der Waals surface area (Å²) in [4.78, 5) is 14.1. The first-order valence-electron chi connectivity index (χ1n) is 6.30. The maximum Gasteiger partial charge on any atom is 0.241 e. The summed E-state index contributed by atoms with van der Waals surface area (Å²) in [5, 5.41) is 7.31. The third-order valence-corrected chi connectivity index (χ3v) is 3.27. The second-order valence-corrected chi connectivity index (χ2v) is 4.73. The Morgan fingerprint density at radius 2 is 2.16 bits per heavy atom. The Labute approximate surface area is 111 Å². The van der Waals surface area contributed by atoms with Gasteiger partial charge in [-0.3, -0.25) is 9.48 Å². The van der Waals surface area contributed by atoms with Gasteiger partial charge in [-0.2, -0.15) is 5.10 Å². The van der Waals surface area contributed by atoms with E-state index in [1.165, 1.54) is 0 Å². The van der Waals surface area contributed by atoms with Gasteiger partial charge in [0.2, 0.25) is 5.91 Å². The molecule has 5 heteroatoms. The van der Waals surface area contributed by atoms with Crippen molar-refractivity contribution in [1.29, 1.82) is 0 Å². The third kappa shape index (κ3) is 2.37. The number of nitrogens with one attached hydrogen (secondary N) is 1. The van der Waals surface area contributed by atoms with Crippen LogP contribution in [0.2, 0.25) is 0 Å². The number of carbonyl (C=O) groups excluding carboxylic acids is 1. The van der Waals surface area contributed by atoms with Crippen molar-refractivity contribution < 1.29 is 4.79 Å². The number of carbonyl (C=O) groups is 1. The topological polar surface area (TPSA) is 50.2 Å². The Morgan fingerprint density at radius 1 is 1.32 bits per heavy atom. The first-order chi connectivity index (χ1) is 9.24. The summed E-state index contributed by atoms with van der Waals surface area (Å²) >= 11 is 0. The molecule has 1 aliphatic rings. The van der Waals surface area contributed by atoms with Crippen LogP contribution in [-0.2, 0) is 24.9 Å². The maximum absolute atomic E-state index is 12.2. The van der Waals surface area contributed by atoms with Crippen LogP contribution in [0, 0.1) is 0 Å². The molecule has 2 aromatic rings. The Balaban J connectivity index is 1.95. The first-order valence-corrected chi connectivity index (χ1v) is 6.30. The molecule has 0 radical (unpaired) electrons. The van der Waals surface area contributed by atoms with Crippen LogP contribution in [-0.4, -0.2) is 22.2 Å². The summed E-state index contributed by atoms with van der Waals surface area (Å²) in [7, 11) is 1.88. The predicted octanol–water partition coefficient (Wildman–Crippen LogP) is 1.06. The highest BCUT2D eigenvalue weighted by atomic mass is 16.2. The molecule has 0 atom stereocenters. The van der Waals surface area contributed by atoms with E-state index in [4.69, 9.17) is 0 Å². The van der Waals surface area contributed by atoms with Crippen molar-refractivity contribution in [2.24, 2.45) is 7.05 Å². The zero-order chi connectivity index (χ0) is 13.2. The summed E-state index contributed by atoms with van der Waals surface area (Å²) in [6, 6.07) is 8.01. The minimum atomic E-state index is 0.0915. The molecule has 0 saturated heterocycles. The Kier molecular flexibility index (Phi) is 3.05. The number of hydrogen-bond acceptors (Lipinski definition) is 3. The van der Waals surface area contributed by atoms with Crippen molar-refractivity contribution in [3.63, 3.8) is 0 Å². The standard InChI is InChI=1S/C14H16N4O/c1-17-9-11(6-16-17)10-18-13-5-3-2-4-12(13)7-15-8-14(18)19/h2-6,9,15H,7-8,10H2,1H3.